The first-order valence-electron chi connectivity index (χ1n) is 9.56. The van der Waals surface area contributed by atoms with Gasteiger partial charge in [-0.1, -0.05) is 75.3 Å². The van der Waals surface area contributed by atoms with E-state index < -0.39 is 0 Å². The van der Waals surface area contributed by atoms with Gasteiger partial charge in [-0.05, 0) is 42.0 Å². The molecule has 3 aromatic carbocycles. The van der Waals surface area contributed by atoms with Crippen molar-refractivity contribution in [1.29, 1.82) is 0 Å². The smallest absolute Gasteiger partial charge is 0.142 e. The molecule has 0 radical (unpaired) electrons. The fourth-order valence-electron chi connectivity index (χ4n) is 2.97. The van der Waals surface area contributed by atoms with E-state index in [1.807, 2.05) is 54.2 Å². The molecule has 0 saturated heterocycles. The predicted molar refractivity (Wildman–Crippen MR) is 126 cm³/mol. The molecule has 4 aromatic rings. The number of rotatable bonds is 7. The zero-order valence-electron chi connectivity index (χ0n) is 16.7. The lowest BCUT2D eigenvalue weighted by Gasteiger charge is -2.05. The SMILES string of the molecule is Cn1nc(-c2ccccc2)c(C=NOCc2ccc(F)cc2)c1Sc1ccc(Br)cc1. The van der Waals surface area contributed by atoms with Gasteiger partial charge in [-0.15, -0.1) is 0 Å². The second-order valence-corrected chi connectivity index (χ2v) is 8.73. The molecule has 0 atom stereocenters. The highest BCUT2D eigenvalue weighted by atomic mass is 79.9. The molecular weight excluding hydrogens is 477 g/mol. The minimum atomic E-state index is -0.273. The second-order valence-electron chi connectivity index (χ2n) is 6.75. The number of benzene rings is 3. The Kier molecular flexibility index (Phi) is 6.84. The quantitative estimate of drug-likeness (QED) is 0.211. The normalized spacial score (nSPS) is 11.2. The number of oxime groups is 1. The van der Waals surface area contributed by atoms with Crippen LogP contribution in [0.25, 0.3) is 11.3 Å². The van der Waals surface area contributed by atoms with Crippen LogP contribution in [0.2, 0.25) is 0 Å². The van der Waals surface area contributed by atoms with E-state index in [0.717, 1.165) is 36.8 Å². The molecule has 0 N–H and O–H groups in total. The lowest BCUT2D eigenvalue weighted by Crippen LogP contribution is -1.94. The van der Waals surface area contributed by atoms with Crippen LogP contribution in [0.15, 0.2) is 98.4 Å². The van der Waals surface area contributed by atoms with E-state index in [0.29, 0.717) is 0 Å². The van der Waals surface area contributed by atoms with Crippen molar-refractivity contribution >= 4 is 33.9 Å². The van der Waals surface area contributed by atoms with E-state index in [1.165, 1.54) is 12.1 Å². The molecule has 1 heterocycles. The van der Waals surface area contributed by atoms with Gasteiger partial charge in [0.2, 0.25) is 0 Å². The van der Waals surface area contributed by atoms with Crippen LogP contribution in [0.5, 0.6) is 0 Å². The van der Waals surface area contributed by atoms with Crippen molar-refractivity contribution in [3.63, 3.8) is 0 Å². The fraction of sp³-hybridized carbons (Fsp3) is 0.0833. The van der Waals surface area contributed by atoms with Gasteiger partial charge in [-0.2, -0.15) is 5.10 Å². The summed E-state index contributed by atoms with van der Waals surface area (Å²) in [7, 11) is 1.92. The van der Waals surface area contributed by atoms with E-state index >= 15 is 0 Å². The van der Waals surface area contributed by atoms with Crippen molar-refractivity contribution in [3.05, 3.63) is 100 Å². The van der Waals surface area contributed by atoms with E-state index in [9.17, 15) is 4.39 Å². The molecule has 4 nitrogen and oxygen atoms in total. The maximum Gasteiger partial charge on any atom is 0.142 e. The highest BCUT2D eigenvalue weighted by Crippen LogP contribution is 2.35. The molecule has 31 heavy (non-hydrogen) atoms. The number of aryl methyl sites for hydroxylation is 1. The standard InChI is InChI=1S/C24H19BrFN3OS/c1-29-24(31-21-13-9-19(25)10-14-21)22(23(28-29)18-5-3-2-4-6-18)15-27-30-16-17-7-11-20(26)12-8-17/h2-15H,16H2,1H3. The first kappa shape index (κ1) is 21.3. The summed E-state index contributed by atoms with van der Waals surface area (Å²) in [5.41, 5.74) is 3.55. The first-order chi connectivity index (χ1) is 15.1. The third-order valence-electron chi connectivity index (χ3n) is 4.51. The minimum Gasteiger partial charge on any atom is -0.391 e. The van der Waals surface area contributed by atoms with Gasteiger partial charge >= 0.3 is 0 Å². The van der Waals surface area contributed by atoms with Crippen LogP contribution >= 0.6 is 27.7 Å². The van der Waals surface area contributed by atoms with Gasteiger partial charge in [-0.3, -0.25) is 4.68 Å². The second kappa shape index (κ2) is 9.94. The van der Waals surface area contributed by atoms with Gasteiger partial charge < -0.3 is 4.84 Å². The largest absolute Gasteiger partial charge is 0.391 e. The maximum absolute atomic E-state index is 13.1. The average Bonchev–Trinajstić information content (AvgIpc) is 3.10. The average molecular weight is 496 g/mol. The van der Waals surface area contributed by atoms with Gasteiger partial charge in [0.25, 0.3) is 0 Å². The molecule has 0 aliphatic carbocycles. The Hall–Kier alpha value is -2.90. The van der Waals surface area contributed by atoms with Gasteiger partial charge in [0.1, 0.15) is 23.1 Å². The van der Waals surface area contributed by atoms with E-state index in [-0.39, 0.29) is 12.4 Å². The van der Waals surface area contributed by atoms with E-state index in [4.69, 9.17) is 9.94 Å². The monoisotopic (exact) mass is 495 g/mol. The third kappa shape index (κ3) is 5.42. The summed E-state index contributed by atoms with van der Waals surface area (Å²) in [5, 5.41) is 9.88. The fourth-order valence-corrected chi connectivity index (χ4v) is 4.16. The van der Waals surface area contributed by atoms with Crippen LogP contribution in [0, 0.1) is 5.82 Å². The van der Waals surface area contributed by atoms with Crippen LogP contribution in [-0.2, 0) is 18.5 Å². The Morgan fingerprint density at radius 2 is 1.74 bits per heavy atom. The molecule has 0 spiro atoms. The van der Waals surface area contributed by atoms with Crippen molar-refractivity contribution in [3.8, 4) is 11.3 Å². The molecule has 0 bridgehead atoms. The highest BCUT2D eigenvalue weighted by molar-refractivity contribution is 9.10. The zero-order chi connectivity index (χ0) is 21.6. The van der Waals surface area contributed by atoms with Crippen molar-refractivity contribution in [2.45, 2.75) is 16.5 Å². The predicted octanol–water partition coefficient (Wildman–Crippen LogP) is 6.69. The van der Waals surface area contributed by atoms with Crippen molar-refractivity contribution in [2.75, 3.05) is 0 Å². The van der Waals surface area contributed by atoms with Crippen LogP contribution in [0.1, 0.15) is 11.1 Å². The first-order valence-corrected chi connectivity index (χ1v) is 11.2. The summed E-state index contributed by atoms with van der Waals surface area (Å²) in [4.78, 5) is 6.57. The molecule has 4 rings (SSSR count). The number of halogens is 2. The Morgan fingerprint density at radius 3 is 2.45 bits per heavy atom. The Balaban J connectivity index is 1.62. The number of hydrogen-bond donors (Lipinski definition) is 0. The number of aromatic nitrogens is 2. The summed E-state index contributed by atoms with van der Waals surface area (Å²) < 4.78 is 16.0. The lowest BCUT2D eigenvalue weighted by molar-refractivity contribution is 0.132. The van der Waals surface area contributed by atoms with Crippen LogP contribution in [0.3, 0.4) is 0 Å². The molecule has 0 aliphatic rings. The summed E-state index contributed by atoms with van der Waals surface area (Å²) in [6, 6.07) is 24.3. The molecule has 7 heteroatoms. The molecule has 0 saturated carbocycles. The summed E-state index contributed by atoms with van der Waals surface area (Å²) >= 11 is 5.09. The number of hydrogen-bond acceptors (Lipinski definition) is 4. The Labute approximate surface area is 192 Å². The van der Waals surface area contributed by atoms with Crippen molar-refractivity contribution in [2.24, 2.45) is 12.2 Å². The molecular formula is C24H19BrFN3OS. The van der Waals surface area contributed by atoms with Gasteiger partial charge in [-0.25, -0.2) is 4.39 Å². The topological polar surface area (TPSA) is 39.4 Å². The van der Waals surface area contributed by atoms with Crippen LogP contribution < -0.4 is 0 Å². The molecule has 156 valence electrons. The molecule has 0 fully saturated rings. The lowest BCUT2D eigenvalue weighted by atomic mass is 10.1. The van der Waals surface area contributed by atoms with Gasteiger partial charge in [0, 0.05) is 22.0 Å². The van der Waals surface area contributed by atoms with E-state index in [2.05, 4.69) is 33.2 Å². The van der Waals surface area contributed by atoms with Crippen molar-refractivity contribution < 1.29 is 9.23 Å². The summed E-state index contributed by atoms with van der Waals surface area (Å²) in [5.74, 6) is -0.273. The van der Waals surface area contributed by atoms with Crippen LogP contribution in [0.4, 0.5) is 4.39 Å². The summed E-state index contributed by atoms with van der Waals surface area (Å²) in [6.07, 6.45) is 1.69. The van der Waals surface area contributed by atoms with Crippen molar-refractivity contribution in [1.82, 2.24) is 9.78 Å². The maximum atomic E-state index is 13.1. The molecule has 0 unspecified atom stereocenters. The van der Waals surface area contributed by atoms with Gasteiger partial charge in [0.15, 0.2) is 0 Å². The Morgan fingerprint density at radius 1 is 1.03 bits per heavy atom. The van der Waals surface area contributed by atoms with E-state index in [1.54, 1.807) is 30.1 Å². The molecule has 0 amide bonds. The zero-order valence-corrected chi connectivity index (χ0v) is 19.1. The molecule has 0 aliphatic heterocycles. The molecule has 1 aromatic heterocycles. The number of nitrogens with zero attached hydrogens (tertiary/aromatic N) is 3. The highest BCUT2D eigenvalue weighted by Gasteiger charge is 2.17. The summed E-state index contributed by atoms with van der Waals surface area (Å²) in [6.45, 7) is 0.257. The minimum absolute atomic E-state index is 0.257. The Bertz CT molecular complexity index is 1180. The van der Waals surface area contributed by atoms with Gasteiger partial charge in [0.05, 0.1) is 11.8 Å². The van der Waals surface area contributed by atoms with Crippen LogP contribution in [-0.4, -0.2) is 16.0 Å². The third-order valence-corrected chi connectivity index (χ3v) is 6.22.